The smallest absolute Gasteiger partial charge is 0.0267 e. The van der Waals surface area contributed by atoms with Crippen molar-refractivity contribution < 1.29 is 0 Å². The van der Waals surface area contributed by atoms with Crippen LogP contribution in [-0.2, 0) is 0 Å². The second kappa shape index (κ2) is 56.1. The van der Waals surface area contributed by atoms with Gasteiger partial charge in [0, 0.05) is 6.42 Å². The molecule has 0 rings (SSSR count). The molecular formula is C18H38. The highest BCUT2D eigenvalue weighted by Crippen LogP contribution is 1.94. The lowest BCUT2D eigenvalue weighted by molar-refractivity contribution is 1.26. The predicted molar refractivity (Wildman–Crippen MR) is 92.0 cm³/mol. The Morgan fingerprint density at radius 1 is 0.833 bits per heavy atom. The van der Waals surface area contributed by atoms with Gasteiger partial charge in [0.05, 0.1) is 0 Å². The molecule has 0 atom stereocenters. The van der Waals surface area contributed by atoms with Gasteiger partial charge < -0.3 is 0 Å². The Morgan fingerprint density at radius 3 is 1.50 bits per heavy atom. The first-order chi connectivity index (χ1) is 8.77. The summed E-state index contributed by atoms with van der Waals surface area (Å²) >= 11 is 0. The molecule has 0 spiro atoms. The van der Waals surface area contributed by atoms with Crippen LogP contribution in [0.25, 0.3) is 0 Å². The lowest BCUT2D eigenvalue weighted by Gasteiger charge is -1.84. The van der Waals surface area contributed by atoms with Crippen LogP contribution >= 0.6 is 0 Å². The number of hydrogen-bond acceptors (Lipinski definition) is 0. The van der Waals surface area contributed by atoms with Gasteiger partial charge in [-0.05, 0) is 20.3 Å². The van der Waals surface area contributed by atoms with Gasteiger partial charge in [-0.1, -0.05) is 79.2 Å². The summed E-state index contributed by atoms with van der Waals surface area (Å²) in [6.07, 6.45) is 13.1. The maximum absolute atomic E-state index is 5.05. The van der Waals surface area contributed by atoms with E-state index < -0.39 is 0 Å². The van der Waals surface area contributed by atoms with E-state index in [1.807, 2.05) is 61.5 Å². The van der Waals surface area contributed by atoms with Gasteiger partial charge in [0.15, 0.2) is 0 Å². The molecule has 110 valence electrons. The topological polar surface area (TPSA) is 0 Å². The SMILES string of the molecule is C#CC/C=C\CC=C(C)C.CC.CC.CC.CC. The van der Waals surface area contributed by atoms with Crippen molar-refractivity contribution in [3.63, 3.8) is 0 Å². The molecule has 18 heavy (non-hydrogen) atoms. The minimum atomic E-state index is 0.747. The zero-order valence-electron chi connectivity index (χ0n) is 14.7. The van der Waals surface area contributed by atoms with E-state index in [0.29, 0.717) is 0 Å². The summed E-state index contributed by atoms with van der Waals surface area (Å²) in [4.78, 5) is 0. The lowest BCUT2D eigenvalue weighted by Crippen LogP contribution is -1.64. The fourth-order valence-electron chi connectivity index (χ4n) is 0.551. The summed E-state index contributed by atoms with van der Waals surface area (Å²) in [6, 6.07) is 0. The molecule has 0 amide bonds. The van der Waals surface area contributed by atoms with Crippen LogP contribution in [0.1, 0.15) is 82.1 Å². The Hall–Kier alpha value is -0.960. The molecule has 0 heteroatoms. The maximum atomic E-state index is 5.05. The van der Waals surface area contributed by atoms with E-state index in [0.717, 1.165) is 12.8 Å². The summed E-state index contributed by atoms with van der Waals surface area (Å²) in [5.74, 6) is 2.55. The first-order valence-corrected chi connectivity index (χ1v) is 7.49. The molecule has 0 aromatic rings. The molecule has 0 heterocycles. The van der Waals surface area contributed by atoms with Gasteiger partial charge in [0.25, 0.3) is 0 Å². The van der Waals surface area contributed by atoms with E-state index >= 15 is 0 Å². The average molecular weight is 255 g/mol. The molecule has 0 radical (unpaired) electrons. The Balaban J connectivity index is -0.0000000596. The van der Waals surface area contributed by atoms with Gasteiger partial charge in [-0.15, -0.1) is 12.3 Å². The zero-order chi connectivity index (χ0) is 15.8. The zero-order valence-corrected chi connectivity index (χ0v) is 14.7. The molecule has 0 aliphatic heterocycles. The first-order valence-electron chi connectivity index (χ1n) is 7.49. The average Bonchev–Trinajstić information content (AvgIpc) is 2.47. The summed E-state index contributed by atoms with van der Waals surface area (Å²) in [5, 5.41) is 0. The minimum Gasteiger partial charge on any atom is -0.120 e. The lowest BCUT2D eigenvalue weighted by atomic mass is 10.2. The molecule has 0 aliphatic rings. The van der Waals surface area contributed by atoms with Gasteiger partial charge in [-0.25, -0.2) is 0 Å². The van der Waals surface area contributed by atoms with Crippen molar-refractivity contribution in [2.45, 2.75) is 82.1 Å². The van der Waals surface area contributed by atoms with Crippen LogP contribution in [0.3, 0.4) is 0 Å². The van der Waals surface area contributed by atoms with Gasteiger partial charge in [-0.3, -0.25) is 0 Å². The molecular weight excluding hydrogens is 216 g/mol. The quantitative estimate of drug-likeness (QED) is 0.375. The minimum absolute atomic E-state index is 0.747. The highest BCUT2D eigenvalue weighted by atomic mass is 13.8. The van der Waals surface area contributed by atoms with E-state index in [9.17, 15) is 0 Å². The number of rotatable bonds is 3. The second-order valence-corrected chi connectivity index (χ2v) is 2.40. The Morgan fingerprint density at radius 2 is 1.22 bits per heavy atom. The number of terminal acetylenes is 1. The molecule has 0 N–H and O–H groups in total. The summed E-state index contributed by atoms with van der Waals surface area (Å²) < 4.78 is 0. The van der Waals surface area contributed by atoms with Crippen molar-refractivity contribution >= 4 is 0 Å². The van der Waals surface area contributed by atoms with Crippen LogP contribution in [0.2, 0.25) is 0 Å². The van der Waals surface area contributed by atoms with Crippen molar-refractivity contribution in [3.05, 3.63) is 23.8 Å². The third kappa shape index (κ3) is 81.3. The van der Waals surface area contributed by atoms with Gasteiger partial charge in [0.2, 0.25) is 0 Å². The monoisotopic (exact) mass is 254 g/mol. The largest absolute Gasteiger partial charge is 0.120 e. The van der Waals surface area contributed by atoms with Crippen LogP contribution in [-0.4, -0.2) is 0 Å². The van der Waals surface area contributed by atoms with E-state index in [-0.39, 0.29) is 0 Å². The normalized spacial score (nSPS) is 6.50. The molecule has 0 saturated heterocycles. The van der Waals surface area contributed by atoms with Crippen molar-refractivity contribution in [3.8, 4) is 12.3 Å². The summed E-state index contributed by atoms with van der Waals surface area (Å²) in [7, 11) is 0. The van der Waals surface area contributed by atoms with Crippen molar-refractivity contribution in [1.29, 1.82) is 0 Å². The molecule has 0 bridgehead atoms. The highest BCUT2D eigenvalue weighted by molar-refractivity contribution is 5.02. The summed E-state index contributed by atoms with van der Waals surface area (Å²) in [5.41, 5.74) is 1.35. The first kappa shape index (κ1) is 30.2. The van der Waals surface area contributed by atoms with Gasteiger partial charge >= 0.3 is 0 Å². The van der Waals surface area contributed by atoms with Gasteiger partial charge in [-0.2, -0.15) is 0 Å². The molecule has 0 fully saturated rings. The third-order valence-corrected chi connectivity index (χ3v) is 1.06. The van der Waals surface area contributed by atoms with Crippen LogP contribution < -0.4 is 0 Å². The Labute approximate surface area is 119 Å². The van der Waals surface area contributed by atoms with Crippen LogP contribution in [0.5, 0.6) is 0 Å². The fraction of sp³-hybridized carbons (Fsp3) is 0.667. The van der Waals surface area contributed by atoms with Crippen molar-refractivity contribution in [2.24, 2.45) is 0 Å². The number of hydrogen-bond donors (Lipinski definition) is 0. The highest BCUT2D eigenvalue weighted by Gasteiger charge is 1.73. The number of allylic oxidation sites excluding steroid dienone is 4. The third-order valence-electron chi connectivity index (χ3n) is 1.06. The van der Waals surface area contributed by atoms with Crippen LogP contribution in [0, 0.1) is 12.3 Å². The second-order valence-electron chi connectivity index (χ2n) is 2.40. The van der Waals surface area contributed by atoms with Crippen LogP contribution in [0.4, 0.5) is 0 Å². The fourth-order valence-corrected chi connectivity index (χ4v) is 0.551. The molecule has 0 saturated carbocycles. The van der Waals surface area contributed by atoms with Gasteiger partial charge in [0.1, 0.15) is 0 Å². The Bertz CT molecular complexity index is 161. The van der Waals surface area contributed by atoms with Crippen molar-refractivity contribution in [2.75, 3.05) is 0 Å². The van der Waals surface area contributed by atoms with Crippen molar-refractivity contribution in [1.82, 2.24) is 0 Å². The molecule has 0 nitrogen and oxygen atoms in total. The standard InChI is InChI=1S/C10H14.4C2H6/c1-4-5-6-7-8-9-10(2)3;4*1-2/h1,6-7,9H,5,8H2,2-3H3;4*1-2H3/b7-6-;;;;. The summed E-state index contributed by atoms with van der Waals surface area (Å²) in [6.45, 7) is 20.2. The maximum Gasteiger partial charge on any atom is 0.0267 e. The predicted octanol–water partition coefficient (Wildman–Crippen LogP) is 7.03. The molecule has 0 aromatic carbocycles. The van der Waals surface area contributed by atoms with Crippen LogP contribution in [0.15, 0.2) is 23.8 Å². The van der Waals surface area contributed by atoms with E-state index in [2.05, 4.69) is 31.9 Å². The Kier molecular flexibility index (Phi) is 94.3. The molecule has 0 aromatic heterocycles. The molecule has 0 unspecified atom stereocenters. The molecule has 0 aliphatic carbocycles. The van der Waals surface area contributed by atoms with E-state index in [1.54, 1.807) is 0 Å². The van der Waals surface area contributed by atoms with E-state index in [4.69, 9.17) is 6.42 Å². The van der Waals surface area contributed by atoms with E-state index in [1.165, 1.54) is 5.57 Å².